The molecule has 0 rings (SSSR count). The molecule has 0 aliphatic carbocycles. The monoisotopic (exact) mass is 911 g/mol. The molecule has 0 bridgehead atoms. The van der Waals surface area contributed by atoms with Crippen molar-refractivity contribution in [1.29, 1.82) is 0 Å². The van der Waals surface area contributed by atoms with E-state index in [1.807, 2.05) is 0 Å². The van der Waals surface area contributed by atoms with Gasteiger partial charge in [-0.1, -0.05) is 223 Å². The van der Waals surface area contributed by atoms with Gasteiger partial charge in [0.05, 0.1) is 0 Å². The molecule has 0 saturated carbocycles. The van der Waals surface area contributed by atoms with E-state index in [0.717, 1.165) is 89.9 Å². The van der Waals surface area contributed by atoms with Crippen molar-refractivity contribution in [1.82, 2.24) is 0 Å². The maximum atomic E-state index is 12.8. The van der Waals surface area contributed by atoms with E-state index in [1.165, 1.54) is 161 Å². The Morgan fingerprint density at radius 2 is 0.585 bits per heavy atom. The van der Waals surface area contributed by atoms with E-state index < -0.39 is 6.10 Å². The second-order valence-corrected chi connectivity index (χ2v) is 18.8. The minimum atomic E-state index is -0.779. The fourth-order valence-corrected chi connectivity index (χ4v) is 8.00. The number of hydrogen-bond acceptors (Lipinski definition) is 6. The number of esters is 3. The summed E-state index contributed by atoms with van der Waals surface area (Å²) in [6, 6.07) is 0. The quantitative estimate of drug-likeness (QED) is 0.0262. The molecule has 65 heavy (non-hydrogen) atoms. The number of carbonyl (C=O) groups is 3. The highest BCUT2D eigenvalue weighted by Gasteiger charge is 2.19. The molecule has 0 aliphatic rings. The molecular formula is C59H106O6. The number of hydrogen-bond donors (Lipinski definition) is 0. The van der Waals surface area contributed by atoms with Crippen LogP contribution in [0.2, 0.25) is 0 Å². The second kappa shape index (κ2) is 54.0. The molecule has 0 amide bonds. The van der Waals surface area contributed by atoms with Gasteiger partial charge in [-0.05, 0) is 96.3 Å². The highest BCUT2D eigenvalue weighted by Crippen LogP contribution is 2.15. The van der Waals surface area contributed by atoms with Crippen molar-refractivity contribution in [2.75, 3.05) is 13.2 Å². The molecule has 1 atom stereocenters. The summed E-state index contributed by atoms with van der Waals surface area (Å²) in [5, 5.41) is 0. The van der Waals surface area contributed by atoms with Gasteiger partial charge in [0.15, 0.2) is 6.10 Å². The lowest BCUT2D eigenvalue weighted by Crippen LogP contribution is -2.30. The largest absolute Gasteiger partial charge is 0.462 e. The predicted molar refractivity (Wildman–Crippen MR) is 279 cm³/mol. The van der Waals surface area contributed by atoms with Gasteiger partial charge in [-0.2, -0.15) is 0 Å². The van der Waals surface area contributed by atoms with Gasteiger partial charge in [0.2, 0.25) is 0 Å². The Kier molecular flexibility index (Phi) is 51.8. The summed E-state index contributed by atoms with van der Waals surface area (Å²) >= 11 is 0. The maximum Gasteiger partial charge on any atom is 0.306 e. The van der Waals surface area contributed by atoms with E-state index in [4.69, 9.17) is 14.2 Å². The SMILES string of the molecule is CCC/C=C\CCCCCCCC(=O)OCC(COC(=O)CCCCCCCCCCCCC/C=C\C/C=C\CCCCCCC)OC(=O)CCCCCCC/C=C\CCCCCCC. The average molecular weight is 911 g/mol. The van der Waals surface area contributed by atoms with Crippen molar-refractivity contribution >= 4 is 17.9 Å². The fourth-order valence-electron chi connectivity index (χ4n) is 8.00. The molecule has 0 radical (unpaired) electrons. The minimum absolute atomic E-state index is 0.0789. The fraction of sp³-hybridized carbons (Fsp3) is 0.814. The predicted octanol–water partition coefficient (Wildman–Crippen LogP) is 18.7. The van der Waals surface area contributed by atoms with Crippen LogP contribution in [-0.2, 0) is 28.6 Å². The van der Waals surface area contributed by atoms with Crippen LogP contribution in [0.3, 0.4) is 0 Å². The molecule has 0 spiro atoms. The van der Waals surface area contributed by atoms with E-state index in [-0.39, 0.29) is 31.1 Å². The van der Waals surface area contributed by atoms with Crippen LogP contribution in [0, 0.1) is 0 Å². The molecule has 0 aromatic carbocycles. The Labute approximate surface area is 403 Å². The van der Waals surface area contributed by atoms with E-state index in [9.17, 15) is 14.4 Å². The maximum absolute atomic E-state index is 12.8. The van der Waals surface area contributed by atoms with E-state index in [1.54, 1.807) is 0 Å². The van der Waals surface area contributed by atoms with E-state index >= 15 is 0 Å². The van der Waals surface area contributed by atoms with Gasteiger partial charge < -0.3 is 14.2 Å². The van der Waals surface area contributed by atoms with Crippen molar-refractivity contribution in [3.8, 4) is 0 Å². The standard InChI is InChI=1S/C59H106O6/c1-4-7-10-13-16-19-22-24-26-27-28-29-30-31-32-33-34-36-37-40-43-46-49-52-58(61)64-55-56(54-63-57(60)51-48-45-42-39-21-18-15-12-9-6-3)65-59(62)53-50-47-44-41-38-35-25-23-20-17-14-11-8-5-2/h12,15,22-25,27-28,56H,4-11,13-14,16-21,26,29-55H2,1-3H3/b15-12-,24-22-,25-23-,28-27-. The van der Waals surface area contributed by atoms with Gasteiger partial charge in [-0.3, -0.25) is 14.4 Å². The third-order valence-corrected chi connectivity index (χ3v) is 12.3. The Morgan fingerprint density at radius 3 is 0.923 bits per heavy atom. The number of unbranched alkanes of at least 4 members (excludes halogenated alkanes) is 32. The van der Waals surface area contributed by atoms with Crippen LogP contribution in [0.4, 0.5) is 0 Å². The van der Waals surface area contributed by atoms with Crippen molar-refractivity contribution in [2.24, 2.45) is 0 Å². The Hall–Kier alpha value is -2.63. The summed E-state index contributed by atoms with van der Waals surface area (Å²) in [4.78, 5) is 38.0. The third-order valence-electron chi connectivity index (χ3n) is 12.3. The molecule has 378 valence electrons. The lowest BCUT2D eigenvalue weighted by atomic mass is 10.0. The Bertz CT molecular complexity index is 1140. The average Bonchev–Trinajstić information content (AvgIpc) is 3.30. The van der Waals surface area contributed by atoms with Gasteiger partial charge in [-0.25, -0.2) is 0 Å². The first-order valence-electron chi connectivity index (χ1n) is 28.1. The molecular weight excluding hydrogens is 805 g/mol. The summed E-state index contributed by atoms with van der Waals surface area (Å²) in [5.74, 6) is -0.891. The molecule has 0 saturated heterocycles. The third kappa shape index (κ3) is 52.2. The summed E-state index contributed by atoms with van der Waals surface area (Å²) < 4.78 is 16.8. The van der Waals surface area contributed by atoms with Crippen molar-refractivity contribution in [2.45, 2.75) is 297 Å². The van der Waals surface area contributed by atoms with Crippen LogP contribution in [0.15, 0.2) is 48.6 Å². The van der Waals surface area contributed by atoms with Crippen LogP contribution >= 0.6 is 0 Å². The summed E-state index contributed by atoms with van der Waals surface area (Å²) in [6.45, 7) is 6.56. The van der Waals surface area contributed by atoms with Crippen molar-refractivity contribution < 1.29 is 28.6 Å². The first-order chi connectivity index (χ1) is 32.0. The molecule has 1 unspecified atom stereocenters. The van der Waals surface area contributed by atoms with Crippen molar-refractivity contribution in [3.05, 3.63) is 48.6 Å². The number of carbonyl (C=O) groups excluding carboxylic acids is 3. The van der Waals surface area contributed by atoms with E-state index in [0.29, 0.717) is 19.3 Å². The lowest BCUT2D eigenvalue weighted by Gasteiger charge is -2.18. The summed E-state index contributed by atoms with van der Waals surface area (Å²) in [6.07, 6.45) is 65.4. The molecule has 0 fully saturated rings. The molecule has 0 aliphatic heterocycles. The molecule has 0 aromatic heterocycles. The van der Waals surface area contributed by atoms with Gasteiger partial charge in [0.25, 0.3) is 0 Å². The number of allylic oxidation sites excluding steroid dienone is 8. The lowest BCUT2D eigenvalue weighted by molar-refractivity contribution is -0.167. The van der Waals surface area contributed by atoms with Gasteiger partial charge in [0.1, 0.15) is 13.2 Å². The smallest absolute Gasteiger partial charge is 0.306 e. The van der Waals surface area contributed by atoms with Crippen molar-refractivity contribution in [3.63, 3.8) is 0 Å². The normalized spacial score (nSPS) is 12.4. The zero-order chi connectivity index (χ0) is 47.2. The first kappa shape index (κ1) is 62.4. The van der Waals surface area contributed by atoms with Gasteiger partial charge in [-0.15, -0.1) is 0 Å². The molecule has 0 N–H and O–H groups in total. The molecule has 6 nitrogen and oxygen atoms in total. The second-order valence-electron chi connectivity index (χ2n) is 18.8. The van der Waals surface area contributed by atoms with Crippen LogP contribution in [0.25, 0.3) is 0 Å². The van der Waals surface area contributed by atoms with Crippen LogP contribution in [0.1, 0.15) is 290 Å². The minimum Gasteiger partial charge on any atom is -0.462 e. The summed E-state index contributed by atoms with van der Waals surface area (Å²) in [5.41, 5.74) is 0. The molecule has 0 heterocycles. The summed E-state index contributed by atoms with van der Waals surface area (Å²) in [7, 11) is 0. The van der Waals surface area contributed by atoms with Crippen LogP contribution in [0.5, 0.6) is 0 Å². The van der Waals surface area contributed by atoms with Gasteiger partial charge >= 0.3 is 17.9 Å². The topological polar surface area (TPSA) is 78.9 Å². The number of rotatable bonds is 51. The first-order valence-corrected chi connectivity index (χ1v) is 28.1. The molecule has 6 heteroatoms. The Balaban J connectivity index is 4.25. The zero-order valence-corrected chi connectivity index (χ0v) is 43.3. The molecule has 0 aromatic rings. The van der Waals surface area contributed by atoms with Crippen LogP contribution < -0.4 is 0 Å². The van der Waals surface area contributed by atoms with Crippen LogP contribution in [-0.4, -0.2) is 37.2 Å². The highest BCUT2D eigenvalue weighted by atomic mass is 16.6. The zero-order valence-electron chi connectivity index (χ0n) is 43.3. The Morgan fingerprint density at radius 1 is 0.308 bits per heavy atom. The van der Waals surface area contributed by atoms with E-state index in [2.05, 4.69) is 69.4 Å². The number of ether oxygens (including phenoxy) is 3. The highest BCUT2D eigenvalue weighted by molar-refractivity contribution is 5.71. The van der Waals surface area contributed by atoms with Gasteiger partial charge in [0, 0.05) is 19.3 Å².